The highest BCUT2D eigenvalue weighted by Gasteiger charge is 2.40. The maximum Gasteiger partial charge on any atom is 0.254 e. The van der Waals surface area contributed by atoms with Gasteiger partial charge in [0.25, 0.3) is 5.91 Å². The summed E-state index contributed by atoms with van der Waals surface area (Å²) in [4.78, 5) is 14.4. The van der Waals surface area contributed by atoms with Crippen molar-refractivity contribution in [3.63, 3.8) is 0 Å². The van der Waals surface area contributed by atoms with E-state index in [1.807, 2.05) is 11.8 Å². The summed E-state index contributed by atoms with van der Waals surface area (Å²) in [6.07, 6.45) is 3.62. The third-order valence-corrected chi connectivity index (χ3v) is 4.11. The predicted molar refractivity (Wildman–Crippen MR) is 65.0 cm³/mol. The molecule has 2 bridgehead atoms. The minimum atomic E-state index is 0.134. The third-order valence-electron chi connectivity index (χ3n) is 4.11. The molecule has 2 aliphatic rings. The molecule has 1 saturated carbocycles. The van der Waals surface area contributed by atoms with E-state index in [1.165, 1.54) is 12.8 Å². The molecule has 2 fully saturated rings. The molecule has 3 nitrogen and oxygen atoms in total. The highest BCUT2D eigenvalue weighted by Crippen LogP contribution is 2.38. The van der Waals surface area contributed by atoms with Gasteiger partial charge in [-0.15, -0.1) is 0 Å². The van der Waals surface area contributed by atoms with Crippen molar-refractivity contribution in [1.29, 1.82) is 0 Å². The second kappa shape index (κ2) is 3.76. The van der Waals surface area contributed by atoms with E-state index < -0.39 is 0 Å². The SMILES string of the molecule is Cc1cc(O)ccc1C(=O)N1CC2CCC1C2. The first-order valence-electron chi connectivity index (χ1n) is 6.26. The lowest BCUT2D eigenvalue weighted by Crippen LogP contribution is -2.37. The Morgan fingerprint density at radius 2 is 2.24 bits per heavy atom. The third kappa shape index (κ3) is 1.70. The number of hydrogen-bond donors (Lipinski definition) is 1. The van der Waals surface area contributed by atoms with Crippen LogP contribution >= 0.6 is 0 Å². The lowest BCUT2D eigenvalue weighted by atomic mass is 10.0. The number of likely N-dealkylation sites (tertiary alicyclic amines) is 1. The number of rotatable bonds is 1. The Morgan fingerprint density at radius 3 is 2.82 bits per heavy atom. The summed E-state index contributed by atoms with van der Waals surface area (Å²) in [5, 5.41) is 9.36. The Kier molecular flexibility index (Phi) is 2.35. The van der Waals surface area contributed by atoms with Crippen molar-refractivity contribution < 1.29 is 9.90 Å². The van der Waals surface area contributed by atoms with E-state index in [2.05, 4.69) is 0 Å². The number of piperidine rings is 1. The van der Waals surface area contributed by atoms with E-state index in [9.17, 15) is 9.90 Å². The molecule has 1 amide bonds. The monoisotopic (exact) mass is 231 g/mol. The zero-order valence-electron chi connectivity index (χ0n) is 10.0. The highest BCUT2D eigenvalue weighted by atomic mass is 16.3. The van der Waals surface area contributed by atoms with Gasteiger partial charge in [-0.1, -0.05) is 0 Å². The number of carbonyl (C=O) groups is 1. The van der Waals surface area contributed by atoms with Gasteiger partial charge in [0, 0.05) is 18.2 Å². The summed E-state index contributed by atoms with van der Waals surface area (Å²) in [7, 11) is 0. The topological polar surface area (TPSA) is 40.5 Å². The molecular formula is C14H17NO2. The molecule has 90 valence electrons. The molecule has 1 heterocycles. The van der Waals surface area contributed by atoms with Crippen LogP contribution in [-0.2, 0) is 0 Å². The molecular weight excluding hydrogens is 214 g/mol. The Bertz CT molecular complexity index is 469. The summed E-state index contributed by atoms with van der Waals surface area (Å²) >= 11 is 0. The zero-order valence-corrected chi connectivity index (χ0v) is 10.0. The lowest BCUT2D eigenvalue weighted by molar-refractivity contribution is 0.0703. The van der Waals surface area contributed by atoms with E-state index in [4.69, 9.17) is 0 Å². The van der Waals surface area contributed by atoms with Crippen LogP contribution in [0.25, 0.3) is 0 Å². The van der Waals surface area contributed by atoms with Crippen LogP contribution in [0.1, 0.15) is 35.2 Å². The number of amides is 1. The van der Waals surface area contributed by atoms with Crippen molar-refractivity contribution >= 4 is 5.91 Å². The number of benzene rings is 1. The molecule has 1 saturated heterocycles. The Hall–Kier alpha value is -1.51. The van der Waals surface area contributed by atoms with Crippen LogP contribution in [0.3, 0.4) is 0 Å². The van der Waals surface area contributed by atoms with Crippen molar-refractivity contribution in [2.75, 3.05) is 6.54 Å². The van der Waals surface area contributed by atoms with Crippen molar-refractivity contribution in [1.82, 2.24) is 4.90 Å². The molecule has 0 radical (unpaired) electrons. The van der Waals surface area contributed by atoms with Gasteiger partial charge in [0.2, 0.25) is 0 Å². The fraction of sp³-hybridized carbons (Fsp3) is 0.500. The summed E-state index contributed by atoms with van der Waals surface area (Å²) in [5.41, 5.74) is 1.59. The first-order valence-corrected chi connectivity index (χ1v) is 6.26. The van der Waals surface area contributed by atoms with Gasteiger partial charge < -0.3 is 10.0 Å². The molecule has 2 atom stereocenters. The Labute approximate surface area is 101 Å². The van der Waals surface area contributed by atoms with Crippen LogP contribution < -0.4 is 0 Å². The maximum atomic E-state index is 12.4. The van der Waals surface area contributed by atoms with Crippen molar-refractivity contribution in [3.8, 4) is 5.75 Å². The van der Waals surface area contributed by atoms with Gasteiger partial charge in [0.15, 0.2) is 0 Å². The predicted octanol–water partition coefficient (Wildman–Crippen LogP) is 2.33. The smallest absolute Gasteiger partial charge is 0.254 e. The Morgan fingerprint density at radius 1 is 1.41 bits per heavy atom. The number of carbonyl (C=O) groups excluding carboxylic acids is 1. The van der Waals surface area contributed by atoms with Crippen LogP contribution in [0.15, 0.2) is 18.2 Å². The second-order valence-corrected chi connectivity index (χ2v) is 5.29. The number of hydrogen-bond acceptors (Lipinski definition) is 2. The molecule has 1 aromatic rings. The first kappa shape index (κ1) is 10.6. The van der Waals surface area contributed by atoms with Gasteiger partial charge in [0.05, 0.1) is 0 Å². The number of phenolic OH excluding ortho intramolecular Hbond substituents is 1. The average molecular weight is 231 g/mol. The number of aromatic hydroxyl groups is 1. The van der Waals surface area contributed by atoms with Gasteiger partial charge in [-0.2, -0.15) is 0 Å². The van der Waals surface area contributed by atoms with E-state index in [0.717, 1.165) is 30.0 Å². The molecule has 1 aliphatic heterocycles. The van der Waals surface area contributed by atoms with E-state index in [0.29, 0.717) is 6.04 Å². The van der Waals surface area contributed by atoms with Gasteiger partial charge >= 0.3 is 0 Å². The first-order chi connectivity index (χ1) is 8.15. The fourth-order valence-corrected chi connectivity index (χ4v) is 3.22. The summed E-state index contributed by atoms with van der Waals surface area (Å²) in [6.45, 7) is 2.80. The minimum Gasteiger partial charge on any atom is -0.508 e. The van der Waals surface area contributed by atoms with Crippen LogP contribution in [-0.4, -0.2) is 28.5 Å². The van der Waals surface area contributed by atoms with E-state index in [1.54, 1.807) is 18.2 Å². The van der Waals surface area contributed by atoms with Gasteiger partial charge in [-0.3, -0.25) is 4.79 Å². The van der Waals surface area contributed by atoms with E-state index >= 15 is 0 Å². The molecule has 0 spiro atoms. The summed E-state index contributed by atoms with van der Waals surface area (Å²) < 4.78 is 0. The summed E-state index contributed by atoms with van der Waals surface area (Å²) in [6, 6.07) is 5.44. The molecule has 0 aromatic heterocycles. The number of aryl methyl sites for hydroxylation is 1. The fourth-order valence-electron chi connectivity index (χ4n) is 3.22. The standard InChI is InChI=1S/C14H17NO2/c1-9-6-12(16)4-5-13(9)14(17)15-8-10-2-3-11(15)7-10/h4-6,10-11,16H,2-3,7-8H2,1H3. The lowest BCUT2D eigenvalue weighted by Gasteiger charge is -2.27. The quantitative estimate of drug-likeness (QED) is 0.805. The number of fused-ring (bicyclic) bond motifs is 2. The highest BCUT2D eigenvalue weighted by molar-refractivity contribution is 5.96. The maximum absolute atomic E-state index is 12.4. The largest absolute Gasteiger partial charge is 0.508 e. The summed E-state index contributed by atoms with van der Waals surface area (Å²) in [5.74, 6) is 1.08. The van der Waals surface area contributed by atoms with Gasteiger partial charge in [0.1, 0.15) is 5.75 Å². The molecule has 1 aliphatic carbocycles. The number of nitrogens with zero attached hydrogens (tertiary/aromatic N) is 1. The number of phenols is 1. The molecule has 3 heteroatoms. The van der Waals surface area contributed by atoms with Gasteiger partial charge in [-0.05, 0) is 55.9 Å². The van der Waals surface area contributed by atoms with Crippen LogP contribution in [0.4, 0.5) is 0 Å². The average Bonchev–Trinajstić information content (AvgIpc) is 2.89. The van der Waals surface area contributed by atoms with E-state index in [-0.39, 0.29) is 11.7 Å². The molecule has 17 heavy (non-hydrogen) atoms. The van der Waals surface area contributed by atoms with Crippen LogP contribution in [0.5, 0.6) is 5.75 Å². The molecule has 2 unspecified atom stereocenters. The molecule has 3 rings (SSSR count). The second-order valence-electron chi connectivity index (χ2n) is 5.29. The van der Waals surface area contributed by atoms with Crippen LogP contribution in [0.2, 0.25) is 0 Å². The van der Waals surface area contributed by atoms with Crippen molar-refractivity contribution in [3.05, 3.63) is 29.3 Å². The minimum absolute atomic E-state index is 0.134. The Balaban J connectivity index is 1.87. The van der Waals surface area contributed by atoms with Crippen molar-refractivity contribution in [2.24, 2.45) is 5.92 Å². The molecule has 1 N–H and O–H groups in total. The van der Waals surface area contributed by atoms with Gasteiger partial charge in [-0.25, -0.2) is 0 Å². The zero-order chi connectivity index (χ0) is 12.0. The van der Waals surface area contributed by atoms with Crippen molar-refractivity contribution in [2.45, 2.75) is 32.2 Å². The molecule has 1 aromatic carbocycles. The normalized spacial score (nSPS) is 26.5. The van der Waals surface area contributed by atoms with Crippen LogP contribution in [0, 0.1) is 12.8 Å².